The van der Waals surface area contributed by atoms with Gasteiger partial charge in [-0.1, -0.05) is 65.8 Å². The van der Waals surface area contributed by atoms with Gasteiger partial charge in [-0.3, -0.25) is 9.69 Å². The topological polar surface area (TPSA) is 72.1 Å². The van der Waals surface area contributed by atoms with Gasteiger partial charge >= 0.3 is 0 Å². The van der Waals surface area contributed by atoms with E-state index >= 15 is 0 Å². The third-order valence-corrected chi connectivity index (χ3v) is 6.27. The molecule has 0 saturated carbocycles. The summed E-state index contributed by atoms with van der Waals surface area (Å²) in [6.45, 7) is 2.29. The molecule has 168 valence electrons. The highest BCUT2D eigenvalue weighted by atomic mass is 32.1. The quantitative estimate of drug-likeness (QED) is 0.292. The Morgan fingerprint density at radius 2 is 1.59 bits per heavy atom. The van der Waals surface area contributed by atoms with Crippen LogP contribution in [0.3, 0.4) is 0 Å². The van der Waals surface area contributed by atoms with E-state index in [9.17, 15) is 4.79 Å². The third-order valence-electron chi connectivity index (χ3n) is 5.41. The van der Waals surface area contributed by atoms with Gasteiger partial charge in [0.1, 0.15) is 0 Å². The van der Waals surface area contributed by atoms with Gasteiger partial charge < -0.3 is 4.52 Å². The fourth-order valence-electron chi connectivity index (χ4n) is 3.62. The lowest BCUT2D eigenvalue weighted by Gasteiger charge is -2.20. The molecule has 0 saturated heterocycles. The largest absolute Gasteiger partial charge is 0.334 e. The molecular formula is C27H22N4O2S. The number of hydrogen-bond acceptors (Lipinski definition) is 6. The lowest BCUT2D eigenvalue weighted by atomic mass is 10.1. The fraction of sp³-hybridized carbons (Fsp3) is 0.111. The second-order valence-corrected chi connectivity index (χ2v) is 8.63. The van der Waals surface area contributed by atoms with E-state index in [0.29, 0.717) is 29.0 Å². The van der Waals surface area contributed by atoms with Gasteiger partial charge in [0.15, 0.2) is 11.0 Å². The van der Waals surface area contributed by atoms with Crippen LogP contribution in [-0.4, -0.2) is 27.6 Å². The SMILES string of the molecule is Cc1noc(-c2ccc(C(=O)N(CCc3ccccc3)c3nc(-c4ccccc4)cs3)cc2)n1. The summed E-state index contributed by atoms with van der Waals surface area (Å²) in [4.78, 5) is 24.4. The Kier molecular flexibility index (Phi) is 6.27. The third kappa shape index (κ3) is 4.79. The lowest BCUT2D eigenvalue weighted by molar-refractivity contribution is 0.0987. The molecule has 0 spiro atoms. The lowest BCUT2D eigenvalue weighted by Crippen LogP contribution is -2.32. The maximum Gasteiger partial charge on any atom is 0.260 e. The van der Waals surface area contributed by atoms with E-state index in [4.69, 9.17) is 9.51 Å². The predicted octanol–water partition coefficient (Wildman–Crippen LogP) is 6.06. The minimum atomic E-state index is -0.0989. The molecule has 34 heavy (non-hydrogen) atoms. The molecule has 0 unspecified atom stereocenters. The maximum atomic E-state index is 13.6. The van der Waals surface area contributed by atoms with E-state index in [1.54, 1.807) is 24.0 Å². The number of hydrogen-bond donors (Lipinski definition) is 0. The molecule has 0 aliphatic carbocycles. The molecule has 7 heteroatoms. The van der Waals surface area contributed by atoms with Crippen LogP contribution >= 0.6 is 11.3 Å². The van der Waals surface area contributed by atoms with Crippen LogP contribution in [0.15, 0.2) is 94.8 Å². The van der Waals surface area contributed by atoms with E-state index in [0.717, 1.165) is 23.2 Å². The number of carbonyl (C=O) groups is 1. The highest BCUT2D eigenvalue weighted by Gasteiger charge is 2.21. The number of rotatable bonds is 7. The first-order valence-corrected chi connectivity index (χ1v) is 11.8. The second-order valence-electron chi connectivity index (χ2n) is 7.80. The van der Waals surface area contributed by atoms with Crippen LogP contribution in [0.1, 0.15) is 21.7 Å². The van der Waals surface area contributed by atoms with Crippen molar-refractivity contribution >= 4 is 22.4 Å². The molecule has 0 N–H and O–H groups in total. The molecule has 1 amide bonds. The molecule has 6 nitrogen and oxygen atoms in total. The number of aryl methyl sites for hydroxylation is 1. The van der Waals surface area contributed by atoms with Crippen LogP contribution in [0, 0.1) is 6.92 Å². The monoisotopic (exact) mass is 466 g/mol. The number of amides is 1. The summed E-state index contributed by atoms with van der Waals surface area (Å²) >= 11 is 1.47. The number of anilines is 1. The van der Waals surface area contributed by atoms with Crippen molar-refractivity contribution in [3.63, 3.8) is 0 Å². The van der Waals surface area contributed by atoms with Crippen molar-refractivity contribution < 1.29 is 9.32 Å². The Bertz CT molecular complexity index is 1380. The van der Waals surface area contributed by atoms with Crippen LogP contribution < -0.4 is 4.90 Å². The van der Waals surface area contributed by atoms with Crippen molar-refractivity contribution in [1.82, 2.24) is 15.1 Å². The van der Waals surface area contributed by atoms with Crippen molar-refractivity contribution in [2.45, 2.75) is 13.3 Å². The molecule has 0 bridgehead atoms. The van der Waals surface area contributed by atoms with Gasteiger partial charge in [-0.15, -0.1) is 11.3 Å². The Morgan fingerprint density at radius 3 is 2.26 bits per heavy atom. The summed E-state index contributed by atoms with van der Waals surface area (Å²) in [5, 5.41) is 6.50. The molecular weight excluding hydrogens is 444 g/mol. The van der Waals surface area contributed by atoms with Gasteiger partial charge in [-0.05, 0) is 43.2 Å². The zero-order valence-electron chi connectivity index (χ0n) is 18.6. The minimum absolute atomic E-state index is 0.0989. The average Bonchev–Trinajstić information content (AvgIpc) is 3.55. The van der Waals surface area contributed by atoms with Gasteiger partial charge in [-0.25, -0.2) is 4.98 Å². The van der Waals surface area contributed by atoms with Crippen LogP contribution in [-0.2, 0) is 6.42 Å². The van der Waals surface area contributed by atoms with Crippen molar-refractivity contribution in [3.8, 4) is 22.7 Å². The first-order chi connectivity index (χ1) is 16.7. The average molecular weight is 467 g/mol. The van der Waals surface area contributed by atoms with Gasteiger partial charge in [0.05, 0.1) is 5.69 Å². The number of thiazole rings is 1. The van der Waals surface area contributed by atoms with Gasteiger partial charge in [0, 0.05) is 28.6 Å². The smallest absolute Gasteiger partial charge is 0.260 e. The number of aromatic nitrogens is 3. The molecule has 0 radical (unpaired) electrons. The first kappa shape index (κ1) is 21.7. The molecule has 0 atom stereocenters. The minimum Gasteiger partial charge on any atom is -0.334 e. The summed E-state index contributed by atoms with van der Waals surface area (Å²) < 4.78 is 5.24. The molecule has 5 rings (SSSR count). The van der Waals surface area contributed by atoms with Crippen molar-refractivity contribution in [2.24, 2.45) is 0 Å². The molecule has 2 aromatic heterocycles. The van der Waals surface area contributed by atoms with Gasteiger partial charge in [0.25, 0.3) is 11.8 Å². The van der Waals surface area contributed by atoms with Crippen LogP contribution in [0.4, 0.5) is 5.13 Å². The van der Waals surface area contributed by atoms with E-state index < -0.39 is 0 Å². The van der Waals surface area contributed by atoms with Gasteiger partial charge in [-0.2, -0.15) is 4.98 Å². The molecule has 3 aromatic carbocycles. The summed E-state index contributed by atoms with van der Waals surface area (Å²) in [5.74, 6) is 0.906. The molecule has 0 aliphatic rings. The first-order valence-electron chi connectivity index (χ1n) is 10.9. The second kappa shape index (κ2) is 9.80. The Balaban J connectivity index is 1.42. The normalized spacial score (nSPS) is 10.9. The van der Waals surface area contributed by atoms with E-state index in [2.05, 4.69) is 22.3 Å². The number of nitrogens with zero attached hydrogens (tertiary/aromatic N) is 4. The van der Waals surface area contributed by atoms with Crippen molar-refractivity contribution in [3.05, 3.63) is 107 Å². The summed E-state index contributed by atoms with van der Waals surface area (Å²) in [5.41, 5.74) is 4.40. The zero-order valence-corrected chi connectivity index (χ0v) is 19.4. The summed E-state index contributed by atoms with van der Waals surface area (Å²) in [6.07, 6.45) is 0.728. The summed E-state index contributed by atoms with van der Waals surface area (Å²) in [7, 11) is 0. The standard InChI is InChI=1S/C27H22N4O2S/c1-19-28-25(33-30-19)22-12-14-23(15-13-22)26(32)31(17-16-20-8-4-2-5-9-20)27-29-24(18-34-27)21-10-6-3-7-11-21/h2-15,18H,16-17H2,1H3. The fourth-order valence-corrected chi connectivity index (χ4v) is 4.48. The van der Waals surface area contributed by atoms with Crippen LogP contribution in [0.2, 0.25) is 0 Å². The Hall–Kier alpha value is -4.10. The van der Waals surface area contributed by atoms with Crippen LogP contribution in [0.5, 0.6) is 0 Å². The Morgan fingerprint density at radius 1 is 0.882 bits per heavy atom. The zero-order chi connectivity index (χ0) is 23.3. The summed E-state index contributed by atoms with van der Waals surface area (Å²) in [6, 6.07) is 27.4. The van der Waals surface area contributed by atoms with Gasteiger partial charge in [0.2, 0.25) is 0 Å². The molecule has 2 heterocycles. The van der Waals surface area contributed by atoms with Crippen molar-refractivity contribution in [2.75, 3.05) is 11.4 Å². The predicted molar refractivity (Wildman–Crippen MR) is 134 cm³/mol. The van der Waals surface area contributed by atoms with E-state index in [1.165, 1.54) is 16.9 Å². The van der Waals surface area contributed by atoms with Crippen LogP contribution in [0.25, 0.3) is 22.7 Å². The Labute approximate surface area is 201 Å². The van der Waals surface area contributed by atoms with E-state index in [1.807, 2.05) is 66.0 Å². The molecule has 5 aromatic rings. The maximum absolute atomic E-state index is 13.6. The number of carbonyl (C=O) groups excluding carboxylic acids is 1. The highest BCUT2D eigenvalue weighted by molar-refractivity contribution is 7.14. The molecule has 0 aliphatic heterocycles. The number of benzene rings is 3. The van der Waals surface area contributed by atoms with E-state index in [-0.39, 0.29) is 5.91 Å². The highest BCUT2D eigenvalue weighted by Crippen LogP contribution is 2.29. The molecule has 0 fully saturated rings. The van der Waals surface area contributed by atoms with Crippen molar-refractivity contribution in [1.29, 1.82) is 0 Å².